The van der Waals surface area contributed by atoms with Crippen molar-refractivity contribution in [1.82, 2.24) is 0 Å². The quantitative estimate of drug-likeness (QED) is 0.707. The molecule has 0 aliphatic carbocycles. The van der Waals surface area contributed by atoms with Crippen molar-refractivity contribution < 1.29 is 4.42 Å². The maximum Gasteiger partial charge on any atom is 0.193 e. The van der Waals surface area contributed by atoms with Crippen LogP contribution in [0.4, 0.5) is 0 Å². The van der Waals surface area contributed by atoms with E-state index in [2.05, 4.69) is 15.9 Å². The highest BCUT2D eigenvalue weighted by Crippen LogP contribution is 2.23. The van der Waals surface area contributed by atoms with Crippen LogP contribution in [0.2, 0.25) is 0 Å². The molecule has 0 aliphatic heterocycles. The molecule has 0 saturated carbocycles. The lowest BCUT2D eigenvalue weighted by Crippen LogP contribution is -1.99. The second kappa shape index (κ2) is 3.00. The molecule has 13 heavy (non-hydrogen) atoms. The van der Waals surface area contributed by atoms with E-state index in [4.69, 9.17) is 4.42 Å². The van der Waals surface area contributed by atoms with Crippen LogP contribution in [0.3, 0.4) is 0 Å². The molecule has 3 heteroatoms. The molecular weight excluding hydrogens is 232 g/mol. The number of rotatable bonds is 0. The highest BCUT2D eigenvalue weighted by atomic mass is 79.9. The molecule has 2 nitrogen and oxygen atoms in total. The van der Waals surface area contributed by atoms with E-state index in [0.29, 0.717) is 11.0 Å². The van der Waals surface area contributed by atoms with Gasteiger partial charge in [-0.2, -0.15) is 0 Å². The summed E-state index contributed by atoms with van der Waals surface area (Å²) in [6.45, 7) is 1.91. The average Bonchev–Trinajstić information content (AvgIpc) is 2.12. The smallest absolute Gasteiger partial charge is 0.193 e. The molecule has 0 N–H and O–H groups in total. The van der Waals surface area contributed by atoms with E-state index in [1.165, 1.54) is 12.3 Å². The zero-order valence-corrected chi connectivity index (χ0v) is 8.59. The van der Waals surface area contributed by atoms with Gasteiger partial charge in [0, 0.05) is 10.5 Å². The molecule has 0 unspecified atom stereocenters. The Labute approximate surface area is 83.3 Å². The third-order valence-corrected chi connectivity index (χ3v) is 2.62. The van der Waals surface area contributed by atoms with Crippen LogP contribution in [-0.2, 0) is 0 Å². The predicted octanol–water partition coefficient (Wildman–Crippen LogP) is 2.86. The Balaban J connectivity index is 3.09. The van der Waals surface area contributed by atoms with Crippen molar-refractivity contribution in [2.75, 3.05) is 0 Å². The molecule has 66 valence electrons. The molecule has 0 aliphatic rings. The van der Waals surface area contributed by atoms with Crippen LogP contribution in [0.5, 0.6) is 0 Å². The Kier molecular flexibility index (Phi) is 1.96. The molecule has 0 amide bonds. The molecule has 1 aromatic heterocycles. The van der Waals surface area contributed by atoms with E-state index in [1.807, 2.05) is 19.1 Å². The first kappa shape index (κ1) is 8.51. The van der Waals surface area contributed by atoms with Crippen LogP contribution >= 0.6 is 15.9 Å². The number of hydrogen-bond donors (Lipinski definition) is 0. The Morgan fingerprint density at radius 2 is 2.08 bits per heavy atom. The largest absolute Gasteiger partial charge is 0.464 e. The van der Waals surface area contributed by atoms with Crippen LogP contribution in [0, 0.1) is 6.92 Å². The molecule has 0 atom stereocenters. The van der Waals surface area contributed by atoms with Crippen molar-refractivity contribution in [3.8, 4) is 0 Å². The first-order valence-electron chi connectivity index (χ1n) is 3.87. The topological polar surface area (TPSA) is 30.2 Å². The van der Waals surface area contributed by atoms with Gasteiger partial charge in [-0.15, -0.1) is 0 Å². The van der Waals surface area contributed by atoms with E-state index in [0.717, 1.165) is 10.0 Å². The maximum atomic E-state index is 11.5. The fourth-order valence-electron chi connectivity index (χ4n) is 1.29. The summed E-state index contributed by atoms with van der Waals surface area (Å²) in [6.07, 6.45) is 1.42. The molecule has 1 aromatic carbocycles. The van der Waals surface area contributed by atoms with Gasteiger partial charge in [0.25, 0.3) is 0 Å². The summed E-state index contributed by atoms with van der Waals surface area (Å²) >= 11 is 3.32. The molecule has 1 heterocycles. The van der Waals surface area contributed by atoms with Gasteiger partial charge in [-0.05, 0) is 34.5 Å². The van der Waals surface area contributed by atoms with Gasteiger partial charge in [0.05, 0.1) is 11.6 Å². The Bertz CT molecular complexity index is 514. The second-order valence-corrected chi connectivity index (χ2v) is 3.71. The van der Waals surface area contributed by atoms with Gasteiger partial charge in [-0.3, -0.25) is 4.79 Å². The third-order valence-electron chi connectivity index (χ3n) is 1.96. The van der Waals surface area contributed by atoms with E-state index in [1.54, 1.807) is 0 Å². The van der Waals surface area contributed by atoms with Crippen molar-refractivity contribution >= 4 is 26.9 Å². The van der Waals surface area contributed by atoms with Crippen molar-refractivity contribution in [1.29, 1.82) is 0 Å². The zero-order valence-electron chi connectivity index (χ0n) is 7.00. The molecule has 0 spiro atoms. The van der Waals surface area contributed by atoms with Crippen LogP contribution in [0.15, 0.2) is 38.1 Å². The first-order valence-corrected chi connectivity index (χ1v) is 4.66. The minimum Gasteiger partial charge on any atom is -0.464 e. The van der Waals surface area contributed by atoms with E-state index in [-0.39, 0.29) is 5.43 Å². The fourth-order valence-corrected chi connectivity index (χ4v) is 1.80. The average molecular weight is 239 g/mol. The predicted molar refractivity (Wildman–Crippen MR) is 54.9 cm³/mol. The van der Waals surface area contributed by atoms with Gasteiger partial charge in [0.15, 0.2) is 5.43 Å². The van der Waals surface area contributed by atoms with E-state index >= 15 is 0 Å². The van der Waals surface area contributed by atoms with Crippen LogP contribution in [0.1, 0.15) is 5.56 Å². The standard InChI is InChI=1S/C10H7BrO2/c1-6-2-3-7(11)9-8(12)4-5-13-10(6)9/h2-5H,1H3. The van der Waals surface area contributed by atoms with Crippen LogP contribution < -0.4 is 5.43 Å². The fraction of sp³-hybridized carbons (Fsp3) is 0.100. The summed E-state index contributed by atoms with van der Waals surface area (Å²) < 4.78 is 6.05. The van der Waals surface area contributed by atoms with Gasteiger partial charge in [-0.1, -0.05) is 6.07 Å². The second-order valence-electron chi connectivity index (χ2n) is 2.85. The highest BCUT2D eigenvalue weighted by molar-refractivity contribution is 9.10. The van der Waals surface area contributed by atoms with Crippen molar-refractivity contribution in [2.45, 2.75) is 6.92 Å². The monoisotopic (exact) mass is 238 g/mol. The van der Waals surface area contributed by atoms with Crippen molar-refractivity contribution in [2.24, 2.45) is 0 Å². The number of hydrogen-bond acceptors (Lipinski definition) is 2. The first-order chi connectivity index (χ1) is 6.20. The summed E-state index contributed by atoms with van der Waals surface area (Å²) in [6, 6.07) is 5.19. The van der Waals surface area contributed by atoms with Crippen LogP contribution in [-0.4, -0.2) is 0 Å². The molecule has 0 saturated heterocycles. The van der Waals surface area contributed by atoms with Gasteiger partial charge in [-0.25, -0.2) is 0 Å². The number of fused-ring (bicyclic) bond motifs is 1. The van der Waals surface area contributed by atoms with Gasteiger partial charge in [0.1, 0.15) is 5.58 Å². The number of aryl methyl sites for hydroxylation is 1. The lowest BCUT2D eigenvalue weighted by atomic mass is 10.1. The molecule has 2 rings (SSSR count). The number of halogens is 1. The molecule has 0 radical (unpaired) electrons. The summed E-state index contributed by atoms with van der Waals surface area (Å²) in [5.41, 5.74) is 1.61. The summed E-state index contributed by atoms with van der Waals surface area (Å²) in [4.78, 5) is 11.5. The van der Waals surface area contributed by atoms with Gasteiger partial charge >= 0.3 is 0 Å². The Morgan fingerprint density at radius 3 is 2.77 bits per heavy atom. The SMILES string of the molecule is Cc1ccc(Br)c2c(=O)ccoc12. The lowest BCUT2D eigenvalue weighted by Gasteiger charge is -2.00. The highest BCUT2D eigenvalue weighted by Gasteiger charge is 2.06. The van der Waals surface area contributed by atoms with Gasteiger partial charge < -0.3 is 4.42 Å². The molecule has 0 bridgehead atoms. The molecule has 0 fully saturated rings. The minimum atomic E-state index is -0.0168. The molecule has 2 aromatic rings. The van der Waals surface area contributed by atoms with E-state index in [9.17, 15) is 4.79 Å². The van der Waals surface area contributed by atoms with Crippen molar-refractivity contribution in [3.05, 3.63) is 44.7 Å². The zero-order chi connectivity index (χ0) is 9.42. The maximum absolute atomic E-state index is 11.5. The Hall–Kier alpha value is -1.09. The van der Waals surface area contributed by atoms with Gasteiger partial charge in [0.2, 0.25) is 0 Å². The number of benzene rings is 1. The third kappa shape index (κ3) is 1.29. The summed E-state index contributed by atoms with van der Waals surface area (Å²) in [5, 5.41) is 0.613. The van der Waals surface area contributed by atoms with Crippen molar-refractivity contribution in [3.63, 3.8) is 0 Å². The summed E-state index contributed by atoms with van der Waals surface area (Å²) in [5.74, 6) is 0. The molecular formula is C10H7BrO2. The summed E-state index contributed by atoms with van der Waals surface area (Å²) in [7, 11) is 0. The minimum absolute atomic E-state index is 0.0168. The lowest BCUT2D eigenvalue weighted by molar-refractivity contribution is 0.599. The Morgan fingerprint density at radius 1 is 1.31 bits per heavy atom. The normalized spacial score (nSPS) is 10.6. The van der Waals surface area contributed by atoms with E-state index < -0.39 is 0 Å². The van der Waals surface area contributed by atoms with Crippen LogP contribution in [0.25, 0.3) is 11.0 Å².